The molecule has 0 N–H and O–H groups in total. The first-order valence-corrected chi connectivity index (χ1v) is 9.81. The van der Waals surface area contributed by atoms with Crippen LogP contribution in [0.1, 0.15) is 46.5 Å². The second-order valence-electron chi connectivity index (χ2n) is 6.01. The molecule has 2 rings (SSSR count). The van der Waals surface area contributed by atoms with Crippen molar-refractivity contribution in [1.82, 2.24) is 14.7 Å². The summed E-state index contributed by atoms with van der Waals surface area (Å²) in [5.74, 6) is -1.06. The molecule has 0 aromatic rings. The topological polar surface area (TPSA) is 78.0 Å². The minimum absolute atomic E-state index is 0.0375. The Morgan fingerprint density at radius 2 is 1.36 bits per heavy atom. The Balaban J connectivity index is 2.46. The molecule has 0 atom stereocenters. The molecule has 0 saturated carbocycles. The lowest BCUT2D eigenvalue weighted by Gasteiger charge is -2.35. The van der Waals surface area contributed by atoms with Crippen molar-refractivity contribution in [2.24, 2.45) is 0 Å². The molecule has 2 aliphatic rings. The van der Waals surface area contributed by atoms with Crippen LogP contribution in [0.15, 0.2) is 10.6 Å². The number of thioether (sulfide) groups is 1. The van der Waals surface area contributed by atoms with Gasteiger partial charge in [0, 0.05) is 19.6 Å². The average Bonchev–Trinajstić information content (AvgIpc) is 2.95. The molecule has 0 bridgehead atoms. The van der Waals surface area contributed by atoms with Crippen LogP contribution >= 0.6 is 11.8 Å². The third-order valence-corrected chi connectivity index (χ3v) is 5.35. The lowest BCUT2D eigenvalue weighted by molar-refractivity contribution is -0.136. The Hall–Kier alpha value is -1.83. The lowest BCUT2D eigenvalue weighted by atomic mass is 10.1. The zero-order valence-corrected chi connectivity index (χ0v) is 15.9. The van der Waals surface area contributed by atoms with Gasteiger partial charge < -0.3 is 4.90 Å². The van der Waals surface area contributed by atoms with E-state index in [-0.39, 0.29) is 30.3 Å². The maximum Gasteiger partial charge on any atom is 0.333 e. The normalized spacial score (nSPS) is 18.9. The molecular formula is C17H25N3O4S. The summed E-state index contributed by atoms with van der Waals surface area (Å²) in [6, 6.07) is -0.543. The highest BCUT2D eigenvalue weighted by molar-refractivity contribution is 8.04. The van der Waals surface area contributed by atoms with Gasteiger partial charge in [0.1, 0.15) is 5.57 Å². The number of nitrogens with zero attached hydrogens (tertiary/aromatic N) is 3. The molecule has 0 spiro atoms. The van der Waals surface area contributed by atoms with Gasteiger partial charge in [0.05, 0.1) is 10.8 Å². The third-order valence-electron chi connectivity index (χ3n) is 4.26. The maximum atomic E-state index is 12.9. The number of barbiturate groups is 1. The number of carbonyl (C=O) groups is 4. The molecule has 0 aromatic heterocycles. The fourth-order valence-corrected chi connectivity index (χ4v) is 3.94. The van der Waals surface area contributed by atoms with Gasteiger partial charge in [0.15, 0.2) is 0 Å². The zero-order chi connectivity index (χ0) is 18.6. The summed E-state index contributed by atoms with van der Waals surface area (Å²) < 4.78 is 0. The number of amides is 5. The highest BCUT2D eigenvalue weighted by Crippen LogP contribution is 2.34. The van der Waals surface area contributed by atoms with Gasteiger partial charge in [-0.05, 0) is 19.8 Å². The molecule has 0 aromatic carbocycles. The van der Waals surface area contributed by atoms with Crippen molar-refractivity contribution >= 4 is 35.5 Å². The molecule has 8 heteroatoms. The van der Waals surface area contributed by atoms with Crippen LogP contribution in [0.5, 0.6) is 0 Å². The van der Waals surface area contributed by atoms with E-state index in [0.717, 1.165) is 22.6 Å². The molecule has 0 unspecified atom stereocenters. The first kappa shape index (κ1) is 19.5. The minimum atomic E-state index is -0.577. The van der Waals surface area contributed by atoms with Crippen LogP contribution in [0.2, 0.25) is 0 Å². The second kappa shape index (κ2) is 8.51. The molecule has 2 heterocycles. The third kappa shape index (κ3) is 3.73. The van der Waals surface area contributed by atoms with Crippen LogP contribution in [-0.2, 0) is 14.4 Å². The van der Waals surface area contributed by atoms with Gasteiger partial charge in [-0.3, -0.25) is 24.2 Å². The second-order valence-corrected chi connectivity index (χ2v) is 6.97. The Labute approximate surface area is 152 Å². The van der Waals surface area contributed by atoms with E-state index in [2.05, 4.69) is 0 Å². The Morgan fingerprint density at radius 3 is 1.80 bits per heavy atom. The smallest absolute Gasteiger partial charge is 0.306 e. The predicted octanol–water partition coefficient (Wildman–Crippen LogP) is 2.18. The zero-order valence-electron chi connectivity index (χ0n) is 15.0. The summed E-state index contributed by atoms with van der Waals surface area (Å²) in [5.41, 5.74) is -0.0375. The molecule has 5 amide bonds. The van der Waals surface area contributed by atoms with Gasteiger partial charge in [-0.1, -0.05) is 38.5 Å². The van der Waals surface area contributed by atoms with Gasteiger partial charge in [-0.15, -0.1) is 0 Å². The molecular weight excluding hydrogens is 342 g/mol. The van der Waals surface area contributed by atoms with Crippen molar-refractivity contribution in [2.45, 2.75) is 46.5 Å². The molecule has 2 aliphatic heterocycles. The standard InChI is InChI=1S/C17H25N3O4S/c1-4-7-9-19-14(22)13(16-18(6-3)12(21)11-25-16)15(23)20(17(19)24)10-8-5-2/h4-11H2,1-3H3. The van der Waals surface area contributed by atoms with Crippen LogP contribution in [0.4, 0.5) is 4.79 Å². The summed E-state index contributed by atoms with van der Waals surface area (Å²) in [7, 11) is 0. The fourth-order valence-electron chi connectivity index (χ4n) is 2.82. The monoisotopic (exact) mass is 367 g/mol. The van der Waals surface area contributed by atoms with E-state index in [1.165, 1.54) is 16.7 Å². The summed E-state index contributed by atoms with van der Waals surface area (Å²) >= 11 is 1.20. The van der Waals surface area contributed by atoms with Gasteiger partial charge in [-0.25, -0.2) is 4.79 Å². The number of urea groups is 1. The summed E-state index contributed by atoms with van der Waals surface area (Å²) in [6.07, 6.45) is 3.03. The lowest BCUT2D eigenvalue weighted by Crippen LogP contribution is -2.57. The quantitative estimate of drug-likeness (QED) is 0.509. The van der Waals surface area contributed by atoms with Crippen molar-refractivity contribution in [1.29, 1.82) is 0 Å². The van der Waals surface area contributed by atoms with Crippen molar-refractivity contribution < 1.29 is 19.2 Å². The Kier molecular flexibility index (Phi) is 6.64. The fraction of sp³-hybridized carbons (Fsp3) is 0.647. The Morgan fingerprint density at radius 1 is 0.840 bits per heavy atom. The first-order valence-electron chi connectivity index (χ1n) is 8.82. The number of carbonyl (C=O) groups excluding carboxylic acids is 4. The average molecular weight is 367 g/mol. The summed E-state index contributed by atoms with van der Waals surface area (Å²) in [6.45, 7) is 6.71. The molecule has 0 radical (unpaired) electrons. The molecule has 0 aliphatic carbocycles. The van der Waals surface area contributed by atoms with Gasteiger partial charge in [0.25, 0.3) is 11.8 Å². The van der Waals surface area contributed by atoms with E-state index in [1.54, 1.807) is 6.92 Å². The maximum absolute atomic E-state index is 12.9. The van der Waals surface area contributed by atoms with E-state index in [1.807, 2.05) is 13.8 Å². The van der Waals surface area contributed by atoms with E-state index < -0.39 is 17.8 Å². The molecule has 7 nitrogen and oxygen atoms in total. The van der Waals surface area contributed by atoms with Crippen LogP contribution in [0.3, 0.4) is 0 Å². The van der Waals surface area contributed by atoms with Crippen LogP contribution in [0, 0.1) is 0 Å². The highest BCUT2D eigenvalue weighted by Gasteiger charge is 2.45. The predicted molar refractivity (Wildman–Crippen MR) is 95.5 cm³/mol. The number of hydrogen-bond acceptors (Lipinski definition) is 5. The molecule has 138 valence electrons. The van der Waals surface area contributed by atoms with Crippen LogP contribution in [-0.4, -0.2) is 63.8 Å². The summed E-state index contributed by atoms with van der Waals surface area (Å²) in [5, 5.41) is 0.387. The van der Waals surface area contributed by atoms with Gasteiger partial charge >= 0.3 is 6.03 Å². The molecule has 25 heavy (non-hydrogen) atoms. The molecule has 2 fully saturated rings. The number of imide groups is 2. The number of unbranched alkanes of at least 4 members (excludes halogenated alkanes) is 2. The Bertz CT molecular complexity index is 585. The van der Waals surface area contributed by atoms with Crippen molar-refractivity contribution in [2.75, 3.05) is 25.4 Å². The first-order chi connectivity index (χ1) is 12.0. The van der Waals surface area contributed by atoms with Crippen LogP contribution < -0.4 is 0 Å². The SMILES string of the molecule is CCCCN1C(=O)C(=C2SCC(=O)N2CC)C(=O)N(CCCC)C1=O. The van der Waals surface area contributed by atoms with Crippen molar-refractivity contribution in [3.8, 4) is 0 Å². The summed E-state index contributed by atoms with van der Waals surface area (Å²) in [4.78, 5) is 54.1. The van der Waals surface area contributed by atoms with Crippen molar-refractivity contribution in [3.63, 3.8) is 0 Å². The largest absolute Gasteiger partial charge is 0.333 e. The van der Waals surface area contributed by atoms with Crippen LogP contribution in [0.25, 0.3) is 0 Å². The minimum Gasteiger partial charge on any atom is -0.306 e. The van der Waals surface area contributed by atoms with E-state index in [9.17, 15) is 19.2 Å². The van der Waals surface area contributed by atoms with Gasteiger partial charge in [0.2, 0.25) is 5.91 Å². The van der Waals surface area contributed by atoms with Gasteiger partial charge in [-0.2, -0.15) is 0 Å². The van der Waals surface area contributed by atoms with E-state index in [4.69, 9.17) is 0 Å². The van der Waals surface area contributed by atoms with E-state index in [0.29, 0.717) is 24.4 Å². The molecule has 2 saturated heterocycles. The number of rotatable bonds is 7. The number of hydrogen-bond donors (Lipinski definition) is 0. The highest BCUT2D eigenvalue weighted by atomic mass is 32.2. The van der Waals surface area contributed by atoms with E-state index >= 15 is 0 Å². The van der Waals surface area contributed by atoms with Crippen molar-refractivity contribution in [3.05, 3.63) is 10.6 Å².